The number of benzene rings is 1. The molecule has 0 radical (unpaired) electrons. The maximum Gasteiger partial charge on any atom is 0.243 e. The van der Waals surface area contributed by atoms with E-state index in [4.69, 9.17) is 11.6 Å². The quantitative estimate of drug-likeness (QED) is 0.928. The summed E-state index contributed by atoms with van der Waals surface area (Å²) in [6, 6.07) is 7.44. The van der Waals surface area contributed by atoms with E-state index in [1.54, 1.807) is 0 Å². The molecule has 4 nitrogen and oxygen atoms in total. The molecular weight excluding hydrogens is 276 g/mol. The van der Waals surface area contributed by atoms with E-state index in [2.05, 4.69) is 5.10 Å². The number of nitrogens with zero attached hydrogens (tertiary/aromatic N) is 2. The van der Waals surface area contributed by atoms with Crippen molar-refractivity contribution >= 4 is 23.2 Å². The van der Waals surface area contributed by atoms with Gasteiger partial charge >= 0.3 is 0 Å². The largest absolute Gasteiger partial charge is 0.391 e. The molecule has 0 saturated heterocycles. The maximum absolute atomic E-state index is 12.0. The third kappa shape index (κ3) is 3.38. The van der Waals surface area contributed by atoms with Crippen LogP contribution >= 0.6 is 11.6 Å². The lowest BCUT2D eigenvalue weighted by Crippen LogP contribution is -2.40. The molecule has 1 aliphatic rings. The smallest absolute Gasteiger partial charge is 0.243 e. The minimum atomic E-state index is -0.539. The van der Waals surface area contributed by atoms with Crippen molar-refractivity contribution in [2.24, 2.45) is 11.0 Å². The lowest BCUT2D eigenvalue weighted by atomic mass is 9.94. The Balaban J connectivity index is 2.27. The Hall–Kier alpha value is -1.39. The highest BCUT2D eigenvalue weighted by Crippen LogP contribution is 2.22. The lowest BCUT2D eigenvalue weighted by molar-refractivity contribution is -0.134. The summed E-state index contributed by atoms with van der Waals surface area (Å²) >= 11 is 5.89. The number of amides is 1. The van der Waals surface area contributed by atoms with Gasteiger partial charge in [0.1, 0.15) is 0 Å². The number of hydrazone groups is 1. The van der Waals surface area contributed by atoms with Gasteiger partial charge < -0.3 is 5.11 Å². The van der Waals surface area contributed by atoms with Gasteiger partial charge in [0.2, 0.25) is 5.91 Å². The minimum absolute atomic E-state index is 0.0392. The molecule has 20 heavy (non-hydrogen) atoms. The van der Waals surface area contributed by atoms with Crippen molar-refractivity contribution in [1.82, 2.24) is 5.01 Å². The number of hydrogen-bond donors (Lipinski definition) is 1. The van der Waals surface area contributed by atoms with Gasteiger partial charge in [0, 0.05) is 17.4 Å². The molecule has 2 unspecified atom stereocenters. The predicted octanol–water partition coefficient (Wildman–Crippen LogP) is 2.68. The summed E-state index contributed by atoms with van der Waals surface area (Å²) in [6.07, 6.45) is 0.478. The van der Waals surface area contributed by atoms with E-state index in [0.717, 1.165) is 11.3 Å². The van der Waals surface area contributed by atoms with Gasteiger partial charge in [-0.1, -0.05) is 37.6 Å². The van der Waals surface area contributed by atoms with Gasteiger partial charge in [0.25, 0.3) is 0 Å². The summed E-state index contributed by atoms with van der Waals surface area (Å²) in [6.45, 7) is 4.11. The van der Waals surface area contributed by atoms with Crippen LogP contribution < -0.4 is 0 Å². The van der Waals surface area contributed by atoms with Crippen molar-refractivity contribution in [3.05, 3.63) is 34.9 Å². The van der Waals surface area contributed by atoms with E-state index in [1.807, 2.05) is 38.1 Å². The van der Waals surface area contributed by atoms with Gasteiger partial charge in [0.05, 0.1) is 18.4 Å². The van der Waals surface area contributed by atoms with Gasteiger partial charge in [-0.3, -0.25) is 4.79 Å². The van der Waals surface area contributed by atoms with Crippen LogP contribution in [0.5, 0.6) is 0 Å². The fourth-order valence-corrected chi connectivity index (χ4v) is 2.31. The fraction of sp³-hybridized carbons (Fsp3) is 0.467. The first-order valence-electron chi connectivity index (χ1n) is 6.84. The zero-order valence-electron chi connectivity index (χ0n) is 11.7. The van der Waals surface area contributed by atoms with Crippen molar-refractivity contribution in [3.63, 3.8) is 0 Å². The van der Waals surface area contributed by atoms with E-state index >= 15 is 0 Å². The maximum atomic E-state index is 12.0. The Morgan fingerprint density at radius 3 is 2.70 bits per heavy atom. The number of carbonyl (C=O) groups excluding carboxylic acids is 1. The Kier molecular flexibility index (Phi) is 4.78. The van der Waals surface area contributed by atoms with Crippen LogP contribution in [0.1, 0.15) is 32.3 Å². The summed E-state index contributed by atoms with van der Waals surface area (Å²) < 4.78 is 0. The Morgan fingerprint density at radius 1 is 1.45 bits per heavy atom. The number of halogens is 1. The Labute approximate surface area is 124 Å². The number of hydrogen-bond acceptors (Lipinski definition) is 3. The SMILES string of the molecule is CCC(O)CN1N=C(c2ccc(Cl)cc2)C(C)CC1=O. The average Bonchev–Trinajstić information content (AvgIpc) is 2.43. The molecule has 1 aromatic rings. The van der Waals surface area contributed by atoms with E-state index < -0.39 is 6.10 Å². The van der Waals surface area contributed by atoms with E-state index in [-0.39, 0.29) is 18.4 Å². The second-order valence-electron chi connectivity index (χ2n) is 5.14. The van der Waals surface area contributed by atoms with Gasteiger partial charge in [-0.15, -0.1) is 0 Å². The Bertz CT molecular complexity index is 513. The van der Waals surface area contributed by atoms with Gasteiger partial charge in [-0.2, -0.15) is 5.10 Å². The first kappa shape index (κ1) is 15.0. The molecule has 0 aromatic heterocycles. The van der Waals surface area contributed by atoms with Crippen LogP contribution in [0.4, 0.5) is 0 Å². The molecule has 0 saturated carbocycles. The molecule has 1 N–H and O–H groups in total. The molecule has 1 aliphatic heterocycles. The fourth-order valence-electron chi connectivity index (χ4n) is 2.18. The number of aliphatic hydroxyl groups is 1. The molecule has 1 amide bonds. The lowest BCUT2D eigenvalue weighted by Gasteiger charge is -2.29. The van der Waals surface area contributed by atoms with Crippen LogP contribution in [0, 0.1) is 5.92 Å². The van der Waals surface area contributed by atoms with E-state index in [0.29, 0.717) is 17.9 Å². The normalized spacial score (nSPS) is 20.8. The van der Waals surface area contributed by atoms with E-state index in [1.165, 1.54) is 5.01 Å². The first-order valence-corrected chi connectivity index (χ1v) is 7.22. The third-order valence-corrected chi connectivity index (χ3v) is 3.71. The molecule has 0 aliphatic carbocycles. The molecule has 0 spiro atoms. The zero-order chi connectivity index (χ0) is 14.7. The zero-order valence-corrected chi connectivity index (χ0v) is 12.5. The van der Waals surface area contributed by atoms with Crippen LogP contribution in [-0.2, 0) is 4.79 Å². The number of β-amino-alcohol motifs (C(OH)–C–C–N with tert-alkyl or cyclic N) is 1. The summed E-state index contributed by atoms with van der Waals surface area (Å²) in [5.41, 5.74) is 1.83. The molecule has 0 fully saturated rings. The molecule has 2 rings (SSSR count). The van der Waals surface area contributed by atoms with Crippen LogP contribution in [-0.4, -0.2) is 34.4 Å². The summed E-state index contributed by atoms with van der Waals surface area (Å²) in [5.74, 6) is 0.0291. The van der Waals surface area contributed by atoms with Crippen molar-refractivity contribution in [3.8, 4) is 0 Å². The first-order chi connectivity index (χ1) is 9.51. The topological polar surface area (TPSA) is 52.9 Å². The average molecular weight is 295 g/mol. The summed E-state index contributed by atoms with van der Waals surface area (Å²) in [4.78, 5) is 12.0. The monoisotopic (exact) mass is 294 g/mol. The number of aliphatic hydroxyl groups excluding tert-OH is 1. The molecule has 5 heteroatoms. The number of rotatable bonds is 4. The molecular formula is C15H19ClN2O2. The number of carbonyl (C=O) groups is 1. The standard InChI is InChI=1S/C15H19ClN2O2/c1-3-13(19)9-18-14(20)8-10(2)15(17-18)11-4-6-12(16)7-5-11/h4-7,10,13,19H,3,8-9H2,1-2H3. The van der Waals surface area contributed by atoms with Crippen molar-refractivity contribution in [2.75, 3.05) is 6.54 Å². The van der Waals surface area contributed by atoms with Crippen molar-refractivity contribution < 1.29 is 9.90 Å². The third-order valence-electron chi connectivity index (χ3n) is 3.46. The summed E-state index contributed by atoms with van der Waals surface area (Å²) in [5, 5.41) is 16.2. The van der Waals surface area contributed by atoms with Crippen LogP contribution in [0.2, 0.25) is 5.02 Å². The molecule has 108 valence electrons. The highest BCUT2D eigenvalue weighted by atomic mass is 35.5. The molecule has 0 bridgehead atoms. The Morgan fingerprint density at radius 2 is 2.10 bits per heavy atom. The van der Waals surface area contributed by atoms with Gasteiger partial charge in [0.15, 0.2) is 0 Å². The van der Waals surface area contributed by atoms with Crippen molar-refractivity contribution in [1.29, 1.82) is 0 Å². The van der Waals surface area contributed by atoms with Crippen molar-refractivity contribution in [2.45, 2.75) is 32.8 Å². The van der Waals surface area contributed by atoms with Crippen LogP contribution in [0.3, 0.4) is 0 Å². The van der Waals surface area contributed by atoms with Crippen LogP contribution in [0.25, 0.3) is 0 Å². The van der Waals surface area contributed by atoms with E-state index in [9.17, 15) is 9.90 Å². The molecule has 1 aromatic carbocycles. The second-order valence-corrected chi connectivity index (χ2v) is 5.57. The summed E-state index contributed by atoms with van der Waals surface area (Å²) in [7, 11) is 0. The second kappa shape index (κ2) is 6.37. The minimum Gasteiger partial charge on any atom is -0.391 e. The van der Waals surface area contributed by atoms with Gasteiger partial charge in [-0.25, -0.2) is 5.01 Å². The van der Waals surface area contributed by atoms with Crippen LogP contribution in [0.15, 0.2) is 29.4 Å². The molecule has 1 heterocycles. The molecule has 2 atom stereocenters. The van der Waals surface area contributed by atoms with Gasteiger partial charge in [-0.05, 0) is 24.1 Å². The highest BCUT2D eigenvalue weighted by Gasteiger charge is 2.28. The predicted molar refractivity (Wildman–Crippen MR) is 79.8 cm³/mol. The highest BCUT2D eigenvalue weighted by molar-refractivity contribution is 6.30.